The minimum absolute atomic E-state index is 0.0238. The Bertz CT molecular complexity index is 1060. The lowest BCUT2D eigenvalue weighted by molar-refractivity contribution is -0.0501. The lowest BCUT2D eigenvalue weighted by Gasteiger charge is -2.27. The Hall–Kier alpha value is -3.20. The molecule has 0 spiro atoms. The molecule has 1 fully saturated rings. The van der Waals surface area contributed by atoms with Gasteiger partial charge in [0.05, 0.1) is 38.8 Å². The van der Waals surface area contributed by atoms with Crippen molar-refractivity contribution < 1.29 is 40.0 Å². The van der Waals surface area contributed by atoms with E-state index in [0.29, 0.717) is 32.1 Å². The molecule has 3 rings (SSSR count). The van der Waals surface area contributed by atoms with Crippen molar-refractivity contribution in [1.82, 2.24) is 20.3 Å². The predicted molar refractivity (Wildman–Crippen MR) is 103 cm³/mol. The lowest BCUT2D eigenvalue weighted by atomic mass is 10.3. The largest absolute Gasteiger partial charge is 0.534 e. The maximum atomic E-state index is 12.7. The highest BCUT2D eigenvalue weighted by Crippen LogP contribution is 2.27. The van der Waals surface area contributed by atoms with Crippen molar-refractivity contribution in [3.63, 3.8) is 0 Å². The Morgan fingerprint density at radius 3 is 2.56 bits per heavy atom. The van der Waals surface area contributed by atoms with E-state index in [0.717, 1.165) is 6.07 Å². The summed E-state index contributed by atoms with van der Waals surface area (Å²) in [4.78, 5) is 25.8. The molecule has 1 N–H and O–H groups in total. The number of amides is 1. The van der Waals surface area contributed by atoms with E-state index in [2.05, 4.69) is 24.5 Å². The van der Waals surface area contributed by atoms with Gasteiger partial charge in [-0.1, -0.05) is 0 Å². The number of hydrogen-bond acceptors (Lipinski definition) is 10. The highest BCUT2D eigenvalue weighted by Gasteiger charge is 2.49. The molecule has 1 saturated heterocycles. The van der Waals surface area contributed by atoms with Crippen LogP contribution in [0.2, 0.25) is 0 Å². The molecule has 11 nitrogen and oxygen atoms in total. The van der Waals surface area contributed by atoms with Crippen LogP contribution in [-0.2, 0) is 21.4 Å². The van der Waals surface area contributed by atoms with Gasteiger partial charge in [0.2, 0.25) is 11.8 Å². The van der Waals surface area contributed by atoms with E-state index in [1.807, 2.05) is 0 Å². The first-order chi connectivity index (χ1) is 15.1. The summed E-state index contributed by atoms with van der Waals surface area (Å²) in [6.45, 7) is 1.05. The van der Waals surface area contributed by atoms with Crippen molar-refractivity contribution in [2.45, 2.75) is 12.1 Å². The molecule has 0 aliphatic carbocycles. The minimum atomic E-state index is -5.94. The maximum Gasteiger partial charge on any atom is 0.534 e. The highest BCUT2D eigenvalue weighted by atomic mass is 32.2. The topological polar surface area (TPSA) is 133 Å². The second-order valence-corrected chi connectivity index (χ2v) is 7.88. The zero-order valence-electron chi connectivity index (χ0n) is 16.6. The van der Waals surface area contributed by atoms with Gasteiger partial charge >= 0.3 is 15.6 Å². The number of methoxy groups -OCH3 is 1. The Kier molecular flexibility index (Phi) is 6.98. The first kappa shape index (κ1) is 23.5. The highest BCUT2D eigenvalue weighted by molar-refractivity contribution is 7.87. The van der Waals surface area contributed by atoms with Crippen molar-refractivity contribution in [3.05, 3.63) is 35.8 Å². The Morgan fingerprint density at radius 2 is 1.97 bits per heavy atom. The van der Waals surface area contributed by atoms with Gasteiger partial charge in [0.1, 0.15) is 11.4 Å². The predicted octanol–water partition coefficient (Wildman–Crippen LogP) is 0.875. The first-order valence-corrected chi connectivity index (χ1v) is 10.5. The summed E-state index contributed by atoms with van der Waals surface area (Å²) in [5.74, 6) is -1.04. The minimum Gasteiger partial charge on any atom is -0.495 e. The smallest absolute Gasteiger partial charge is 0.495 e. The molecule has 0 unspecified atom stereocenters. The fraction of sp³-hybridized carbons (Fsp3) is 0.412. The molecule has 2 aromatic rings. The van der Waals surface area contributed by atoms with Gasteiger partial charge in [0, 0.05) is 19.2 Å². The van der Waals surface area contributed by atoms with E-state index in [1.54, 1.807) is 4.90 Å². The van der Waals surface area contributed by atoms with Crippen molar-refractivity contribution in [2.24, 2.45) is 0 Å². The van der Waals surface area contributed by atoms with Crippen molar-refractivity contribution in [1.29, 1.82) is 0 Å². The van der Waals surface area contributed by atoms with Crippen molar-refractivity contribution in [2.75, 3.05) is 38.3 Å². The molecule has 3 heterocycles. The normalized spacial score (nSPS) is 14.7. The van der Waals surface area contributed by atoms with E-state index in [-0.39, 0.29) is 23.9 Å². The average Bonchev–Trinajstić information content (AvgIpc) is 2.77. The molecular formula is C17H18F3N5O6S. The molecule has 2 aromatic heterocycles. The number of carbonyl (C=O) groups is 1. The molecule has 32 heavy (non-hydrogen) atoms. The second kappa shape index (κ2) is 9.52. The van der Waals surface area contributed by atoms with E-state index in [1.165, 1.54) is 25.4 Å². The monoisotopic (exact) mass is 477 g/mol. The van der Waals surface area contributed by atoms with E-state index >= 15 is 0 Å². The summed E-state index contributed by atoms with van der Waals surface area (Å²) in [5, 5.41) is 2.50. The second-order valence-electron chi connectivity index (χ2n) is 6.35. The molecule has 174 valence electrons. The Labute approximate surface area is 180 Å². The molecule has 15 heteroatoms. The molecule has 1 amide bonds. The van der Waals surface area contributed by atoms with Crippen molar-refractivity contribution in [3.8, 4) is 11.6 Å². The summed E-state index contributed by atoms with van der Waals surface area (Å²) in [6.07, 6.45) is 1.34. The van der Waals surface area contributed by atoms with Crippen LogP contribution in [0.3, 0.4) is 0 Å². The zero-order chi connectivity index (χ0) is 23.4. The number of ether oxygens (including phenoxy) is 2. The number of morpholine rings is 1. The van der Waals surface area contributed by atoms with Gasteiger partial charge < -0.3 is 23.9 Å². The van der Waals surface area contributed by atoms with Gasteiger partial charge in [-0.05, 0) is 12.1 Å². The van der Waals surface area contributed by atoms with Crippen LogP contribution < -0.4 is 19.1 Å². The number of rotatable bonds is 7. The number of nitrogens with one attached hydrogen (secondary N) is 1. The van der Waals surface area contributed by atoms with Gasteiger partial charge in [-0.25, -0.2) is 9.97 Å². The first-order valence-electron chi connectivity index (χ1n) is 9.09. The summed E-state index contributed by atoms with van der Waals surface area (Å²) < 4.78 is 75.2. The van der Waals surface area contributed by atoms with Crippen LogP contribution in [0.1, 0.15) is 16.2 Å². The fourth-order valence-electron chi connectivity index (χ4n) is 2.55. The van der Waals surface area contributed by atoms with E-state index in [9.17, 15) is 26.4 Å². The number of anilines is 1. The van der Waals surface area contributed by atoms with Crippen LogP contribution in [0.15, 0.2) is 24.4 Å². The standard InChI is InChI=1S/C17H18F3N5O6S/c1-29-12-2-3-13(21-10-12)15(26)22-9-11-8-14(31-32(27,28)17(18,19)20)24-16(23-11)25-4-6-30-7-5-25/h2-3,8,10H,4-7,9H2,1H3,(H,22,26). The summed E-state index contributed by atoms with van der Waals surface area (Å²) in [7, 11) is -4.50. The fourth-order valence-corrected chi connectivity index (χ4v) is 2.96. The van der Waals surface area contributed by atoms with Crippen LogP contribution in [0.25, 0.3) is 0 Å². The van der Waals surface area contributed by atoms with E-state index < -0.39 is 27.4 Å². The summed E-state index contributed by atoms with van der Waals surface area (Å²) in [5.41, 5.74) is -5.55. The van der Waals surface area contributed by atoms with Crippen LogP contribution in [0, 0.1) is 0 Å². The van der Waals surface area contributed by atoms with Crippen LogP contribution >= 0.6 is 0 Å². The number of nitrogens with zero attached hydrogens (tertiary/aromatic N) is 4. The van der Waals surface area contributed by atoms with Crippen molar-refractivity contribution >= 4 is 22.0 Å². The third-order valence-electron chi connectivity index (χ3n) is 4.15. The van der Waals surface area contributed by atoms with Gasteiger partial charge in [-0.15, -0.1) is 0 Å². The third kappa shape index (κ3) is 5.73. The quantitative estimate of drug-likeness (QED) is 0.452. The van der Waals surface area contributed by atoms with Gasteiger partial charge in [0.25, 0.3) is 5.91 Å². The number of carbonyl (C=O) groups excluding carboxylic acids is 1. The van der Waals surface area contributed by atoms with Gasteiger partial charge in [-0.2, -0.15) is 26.6 Å². The number of aromatic nitrogens is 3. The number of alkyl halides is 3. The molecule has 0 atom stereocenters. The Balaban J connectivity index is 1.82. The van der Waals surface area contributed by atoms with Gasteiger partial charge in [0.15, 0.2) is 0 Å². The van der Waals surface area contributed by atoms with Gasteiger partial charge in [-0.3, -0.25) is 4.79 Å². The molecule has 0 bridgehead atoms. The molecule has 0 saturated carbocycles. The molecule has 0 aromatic carbocycles. The number of hydrogen-bond donors (Lipinski definition) is 1. The molecule has 1 aliphatic rings. The molecule has 1 aliphatic heterocycles. The van der Waals surface area contributed by atoms with E-state index in [4.69, 9.17) is 9.47 Å². The van der Waals surface area contributed by atoms with Crippen LogP contribution in [0.4, 0.5) is 19.1 Å². The summed E-state index contributed by atoms with van der Waals surface area (Å²) in [6, 6.07) is 3.84. The number of pyridine rings is 1. The lowest BCUT2D eigenvalue weighted by Crippen LogP contribution is -2.38. The number of halogens is 3. The SMILES string of the molecule is COc1ccc(C(=O)NCc2cc(OS(=O)(=O)C(F)(F)F)nc(N3CCOCC3)n2)nc1. The summed E-state index contributed by atoms with van der Waals surface area (Å²) >= 11 is 0. The molecular weight excluding hydrogens is 459 g/mol. The maximum absolute atomic E-state index is 12.7. The third-order valence-corrected chi connectivity index (χ3v) is 5.11. The van der Waals surface area contributed by atoms with Crippen LogP contribution in [0.5, 0.6) is 11.6 Å². The Morgan fingerprint density at radius 1 is 1.25 bits per heavy atom. The average molecular weight is 477 g/mol. The zero-order valence-corrected chi connectivity index (χ0v) is 17.4. The van der Waals surface area contributed by atoms with Crippen LogP contribution in [-0.4, -0.2) is 68.2 Å². The molecule has 0 radical (unpaired) electrons.